The molecule has 0 aliphatic heterocycles. The normalized spacial score (nSPS) is 12.1. The Balaban J connectivity index is 0.00000180. The number of benzene rings is 1. The van der Waals surface area contributed by atoms with E-state index < -0.39 is 20.1 Å². The van der Waals surface area contributed by atoms with Gasteiger partial charge in [-0.2, -0.15) is 0 Å². The summed E-state index contributed by atoms with van der Waals surface area (Å²) in [5.74, 6) is 0. The van der Waals surface area contributed by atoms with E-state index in [2.05, 4.69) is 9.71 Å². The van der Waals surface area contributed by atoms with Gasteiger partial charge in [0.2, 0.25) is 10.0 Å². The van der Waals surface area contributed by atoms with Crippen molar-refractivity contribution >= 4 is 46.8 Å². The Morgan fingerprint density at radius 3 is 2.47 bits per heavy atom. The van der Waals surface area contributed by atoms with E-state index >= 15 is 0 Å². The average Bonchev–Trinajstić information content (AvgIpc) is 2.53. The molecule has 0 aliphatic carbocycles. The van der Waals surface area contributed by atoms with Gasteiger partial charge in [-0.1, -0.05) is 11.3 Å². The van der Waals surface area contributed by atoms with Crippen LogP contribution in [0.5, 0.6) is 0 Å². The summed E-state index contributed by atoms with van der Waals surface area (Å²) in [6.07, 6.45) is 0.979. The van der Waals surface area contributed by atoms with Gasteiger partial charge in [-0.05, 0) is 18.2 Å². The summed E-state index contributed by atoms with van der Waals surface area (Å²) >= 11 is 0.950. The Bertz CT molecular complexity index is 818. The van der Waals surface area contributed by atoms with Gasteiger partial charge in [0.05, 0.1) is 21.4 Å². The summed E-state index contributed by atoms with van der Waals surface area (Å²) in [6, 6.07) is 3.65. The van der Waals surface area contributed by atoms with Crippen LogP contribution in [0.2, 0.25) is 0 Å². The van der Waals surface area contributed by atoms with Crippen molar-refractivity contribution in [3.8, 4) is 0 Å². The predicted octanol–water partition coefficient (Wildman–Crippen LogP) is -2.18. The zero-order valence-corrected chi connectivity index (χ0v) is 14.4. The molecule has 2 aromatic rings. The van der Waals surface area contributed by atoms with Crippen molar-refractivity contribution < 1.29 is 52.4 Å². The molecule has 2 rings (SSSR count). The number of anilines is 1. The second-order valence-corrected chi connectivity index (χ2v) is 7.64. The molecule has 1 aromatic heterocycles. The first kappa shape index (κ1) is 16.8. The maximum absolute atomic E-state index is 11.0. The Kier molecular flexibility index (Phi) is 4.99. The van der Waals surface area contributed by atoms with E-state index in [9.17, 15) is 21.4 Å². The van der Waals surface area contributed by atoms with E-state index in [-0.39, 0.29) is 41.0 Å². The molecule has 0 radical (unpaired) electrons. The minimum Gasteiger partial charge on any atom is -0.744 e. The fourth-order valence-electron chi connectivity index (χ4n) is 1.26. The van der Waals surface area contributed by atoms with Gasteiger partial charge in [0.1, 0.15) is 10.1 Å². The maximum atomic E-state index is 11.0. The van der Waals surface area contributed by atoms with Crippen LogP contribution in [0.25, 0.3) is 10.2 Å². The van der Waals surface area contributed by atoms with Gasteiger partial charge >= 0.3 is 29.6 Å². The van der Waals surface area contributed by atoms with Gasteiger partial charge < -0.3 is 4.55 Å². The summed E-state index contributed by atoms with van der Waals surface area (Å²) in [6.45, 7) is 0. The van der Waals surface area contributed by atoms with E-state index in [0.29, 0.717) is 10.2 Å². The smallest absolute Gasteiger partial charge is 0.744 e. The molecular formula is C8H9N2NaO5S3. The van der Waals surface area contributed by atoms with E-state index in [1.165, 1.54) is 12.1 Å². The van der Waals surface area contributed by atoms with Gasteiger partial charge in [-0.3, -0.25) is 4.72 Å². The minimum atomic E-state index is -4.53. The summed E-state index contributed by atoms with van der Waals surface area (Å²) in [4.78, 5) is 3.58. The van der Waals surface area contributed by atoms with Gasteiger partial charge in [-0.25, -0.2) is 21.8 Å². The SMILES string of the molecule is CS(=O)(=O)Nc1nc2ccc(S(=O)(=O)[O-])cc2s1.[HH].[Na+]. The summed E-state index contributed by atoms with van der Waals surface area (Å²) in [5.41, 5.74) is 0.415. The molecule has 0 atom stereocenters. The fraction of sp³-hybridized carbons (Fsp3) is 0.125. The minimum absolute atomic E-state index is 0. The largest absolute Gasteiger partial charge is 1.00 e. The third-order valence-corrected chi connectivity index (χ3v) is 4.38. The van der Waals surface area contributed by atoms with Crippen LogP contribution in [0, 0.1) is 0 Å². The van der Waals surface area contributed by atoms with Crippen molar-refractivity contribution in [3.05, 3.63) is 18.2 Å². The molecule has 1 aromatic carbocycles. The third-order valence-electron chi connectivity index (χ3n) is 1.92. The number of hydrogen-bond acceptors (Lipinski definition) is 7. The van der Waals surface area contributed by atoms with Crippen molar-refractivity contribution in [1.29, 1.82) is 0 Å². The fourth-order valence-corrected chi connectivity index (χ4v) is 3.57. The quantitative estimate of drug-likeness (QED) is 0.505. The standard InChI is InChI=1S/C8H8N2O5S3.Na.H2/c1-17(11,12)10-8-9-6-3-2-5(18(13,14)15)4-7(6)16-8;;/h2-4H,1H3,(H,9,10)(H,13,14,15);;1H/q;+1;/p-1. The predicted molar refractivity (Wildman–Crippen MR) is 68.2 cm³/mol. The molecule has 0 bridgehead atoms. The number of fused-ring (bicyclic) bond motifs is 1. The van der Waals surface area contributed by atoms with Crippen LogP contribution in [0.1, 0.15) is 1.43 Å². The molecule has 7 nitrogen and oxygen atoms in total. The van der Waals surface area contributed by atoms with Gasteiger partial charge in [0.15, 0.2) is 5.13 Å². The molecule has 0 saturated heterocycles. The monoisotopic (exact) mass is 332 g/mol. The van der Waals surface area contributed by atoms with Crippen molar-refractivity contribution in [2.24, 2.45) is 0 Å². The van der Waals surface area contributed by atoms with Crippen molar-refractivity contribution in [2.75, 3.05) is 11.0 Å². The molecule has 1 N–H and O–H groups in total. The van der Waals surface area contributed by atoms with Crippen LogP contribution in [0.3, 0.4) is 0 Å². The van der Waals surface area contributed by atoms with Crippen molar-refractivity contribution in [2.45, 2.75) is 4.90 Å². The van der Waals surface area contributed by atoms with Crippen LogP contribution in [0.4, 0.5) is 5.13 Å². The second kappa shape index (κ2) is 5.64. The van der Waals surface area contributed by atoms with Crippen molar-refractivity contribution in [1.82, 2.24) is 4.98 Å². The van der Waals surface area contributed by atoms with Gasteiger partial charge in [0.25, 0.3) is 0 Å². The molecule has 0 amide bonds. The molecule has 0 fully saturated rings. The zero-order valence-electron chi connectivity index (χ0n) is 9.95. The van der Waals surface area contributed by atoms with Gasteiger partial charge in [0, 0.05) is 1.43 Å². The molecule has 0 unspecified atom stereocenters. The first-order valence-corrected chi connectivity index (χ1v) is 8.61. The second-order valence-electron chi connectivity index (χ2n) is 3.48. The van der Waals surface area contributed by atoms with E-state index in [1.807, 2.05) is 0 Å². The Morgan fingerprint density at radius 2 is 1.95 bits per heavy atom. The number of aromatic nitrogens is 1. The number of hydrogen-bond donors (Lipinski definition) is 1. The van der Waals surface area contributed by atoms with Crippen LogP contribution >= 0.6 is 11.3 Å². The average molecular weight is 332 g/mol. The summed E-state index contributed by atoms with van der Waals surface area (Å²) in [7, 11) is -7.98. The molecule has 0 saturated carbocycles. The van der Waals surface area contributed by atoms with Crippen molar-refractivity contribution in [3.63, 3.8) is 0 Å². The molecule has 0 spiro atoms. The molecule has 100 valence electrons. The molecule has 11 heteroatoms. The molecule has 1 heterocycles. The molecular weight excluding hydrogens is 323 g/mol. The molecule has 19 heavy (non-hydrogen) atoms. The van der Waals surface area contributed by atoms with Crippen LogP contribution in [-0.4, -0.2) is 32.6 Å². The van der Waals surface area contributed by atoms with E-state index in [1.54, 1.807) is 0 Å². The third kappa shape index (κ3) is 4.38. The Hall–Kier alpha value is -0.230. The number of sulfonamides is 1. The van der Waals surface area contributed by atoms with Crippen LogP contribution in [0.15, 0.2) is 23.1 Å². The Labute approximate surface area is 137 Å². The Morgan fingerprint density at radius 1 is 1.32 bits per heavy atom. The zero-order chi connectivity index (χ0) is 13.6. The topological polar surface area (TPSA) is 116 Å². The number of thiazole rings is 1. The van der Waals surface area contributed by atoms with Crippen LogP contribution in [-0.2, 0) is 20.1 Å². The molecule has 0 aliphatic rings. The first-order valence-electron chi connectivity index (χ1n) is 4.49. The van der Waals surface area contributed by atoms with E-state index in [0.717, 1.165) is 23.7 Å². The maximum Gasteiger partial charge on any atom is 1.00 e. The summed E-state index contributed by atoms with van der Waals surface area (Å²) < 4.78 is 57.1. The van der Waals surface area contributed by atoms with Gasteiger partial charge in [-0.15, -0.1) is 0 Å². The van der Waals surface area contributed by atoms with Crippen LogP contribution < -0.4 is 34.3 Å². The number of rotatable bonds is 3. The first-order chi connectivity index (χ1) is 8.15. The summed E-state index contributed by atoms with van der Waals surface area (Å²) in [5, 5.41) is 0.118. The number of nitrogens with one attached hydrogen (secondary N) is 1. The van der Waals surface area contributed by atoms with E-state index in [4.69, 9.17) is 0 Å². The number of nitrogens with zero attached hydrogens (tertiary/aromatic N) is 1.